The van der Waals surface area contributed by atoms with Crippen LogP contribution in [0.15, 0.2) is 0 Å². The van der Waals surface area contributed by atoms with Crippen molar-refractivity contribution >= 4 is 26.6 Å². The van der Waals surface area contributed by atoms with Gasteiger partial charge in [-0.25, -0.2) is 29.8 Å². The Morgan fingerprint density at radius 3 is 1.22 bits per heavy atom. The van der Waals surface area contributed by atoms with Crippen molar-refractivity contribution in [2.45, 2.75) is 0 Å². The minimum Gasteiger partial charge on any atom is -0.791 e. The van der Waals surface area contributed by atoms with Gasteiger partial charge in [0.1, 0.15) is 0 Å². The molecule has 0 aromatic rings. The average Bonchev–Trinajstić information content (AvgIpc) is 1.36. The molecule has 0 aromatic carbocycles. The molecule has 0 aromatic heterocycles. The van der Waals surface area contributed by atoms with Gasteiger partial charge in [-0.2, -0.15) is 0 Å². The van der Waals surface area contributed by atoms with Crippen molar-refractivity contribution in [1.82, 2.24) is 0 Å². The van der Waals surface area contributed by atoms with E-state index in [0.29, 0.717) is 0 Å². The third-order valence-electron chi connectivity index (χ3n) is 0. The normalized spacial score (nSPS) is 7.11. The minimum atomic E-state index is -4.42. The van der Waals surface area contributed by atoms with Crippen LogP contribution in [0.2, 0.25) is 0 Å². The maximum atomic E-state index is 8.85. The minimum absolute atomic E-state index is 0. The van der Waals surface area contributed by atoms with Gasteiger partial charge in [-0.15, -0.1) is 0 Å². The zero-order valence-corrected chi connectivity index (χ0v) is 11.4. The van der Waals surface area contributed by atoms with E-state index >= 15 is 0 Å². The summed E-state index contributed by atoms with van der Waals surface area (Å²) in [5.74, 6) is 0. The Kier molecular flexibility index (Phi) is 32.3. The number of nitrogens with two attached hydrogens (primary N) is 1. The summed E-state index contributed by atoms with van der Waals surface area (Å²) >= 11 is 1.69. The van der Waals surface area contributed by atoms with Crippen molar-refractivity contribution < 1.29 is 76.3 Å². The molecule has 2 N–H and O–H groups in total. The molecule has 5 nitrogen and oxygen atoms in total. The van der Waals surface area contributed by atoms with Crippen molar-refractivity contribution in [2.24, 2.45) is 5.14 Å². The van der Waals surface area contributed by atoms with Gasteiger partial charge in [0.15, 0.2) is 10.3 Å². The molecule has 0 atom stereocenters. The van der Waals surface area contributed by atoms with E-state index in [1.807, 2.05) is 0 Å². The standard InChI is InChI=1S/BrO.H3NO3S.2Na/c1-2;1-5(2,3)4;;/h;(H3,1,2,3,4);;/q-1;;2*+1/p-1. The Balaban J connectivity index is -0.0000000286. The molecule has 0 fully saturated rings. The van der Waals surface area contributed by atoms with E-state index in [0.717, 1.165) is 0 Å². The molecule has 0 spiro atoms. The van der Waals surface area contributed by atoms with Gasteiger partial charge in [0.2, 0.25) is 0 Å². The van der Waals surface area contributed by atoms with Gasteiger partial charge in [0.05, 0.1) is 0 Å². The van der Waals surface area contributed by atoms with E-state index < -0.39 is 10.3 Å². The monoisotopic (exact) mass is 237 g/mol. The molecular weight excluding hydrogens is 236 g/mol. The van der Waals surface area contributed by atoms with Crippen LogP contribution in [0, 0.1) is 0 Å². The van der Waals surface area contributed by atoms with Crippen molar-refractivity contribution in [1.29, 1.82) is 0 Å². The fourth-order valence-corrected chi connectivity index (χ4v) is 0. The molecule has 46 valence electrons. The van der Waals surface area contributed by atoms with Crippen LogP contribution in [0.3, 0.4) is 0 Å². The van der Waals surface area contributed by atoms with Crippen LogP contribution >= 0.6 is 16.3 Å². The summed E-state index contributed by atoms with van der Waals surface area (Å²) in [6, 6.07) is 0. The molecule has 0 saturated carbocycles. The Bertz CT molecular complexity index is 102. The summed E-state index contributed by atoms with van der Waals surface area (Å²) in [5, 5.41) is 3.77. The van der Waals surface area contributed by atoms with E-state index in [1.165, 1.54) is 0 Å². The second kappa shape index (κ2) is 12.9. The molecule has 0 amide bonds. The molecule has 0 aliphatic rings. The van der Waals surface area contributed by atoms with Gasteiger partial charge in [0.25, 0.3) is 0 Å². The van der Waals surface area contributed by atoms with Crippen LogP contribution in [-0.2, 0) is 10.3 Å². The number of halogens is 1. The molecule has 0 unspecified atom stereocenters. The van der Waals surface area contributed by atoms with Crippen molar-refractivity contribution in [3.05, 3.63) is 0 Å². The second-order valence-corrected chi connectivity index (χ2v) is 1.48. The Labute approximate surface area is 106 Å². The molecule has 0 heterocycles. The summed E-state index contributed by atoms with van der Waals surface area (Å²) < 4.78 is 34.6. The van der Waals surface area contributed by atoms with E-state index in [9.17, 15) is 0 Å². The van der Waals surface area contributed by atoms with Gasteiger partial charge in [-0.05, 0) is 0 Å². The fraction of sp³-hybridized carbons (Fsp3) is 0. The molecule has 0 saturated heterocycles. The first kappa shape index (κ1) is 22.5. The topological polar surface area (TPSA) is 106 Å². The summed E-state index contributed by atoms with van der Waals surface area (Å²) in [6.07, 6.45) is 0. The number of rotatable bonds is 0. The first-order chi connectivity index (χ1) is 3.00. The van der Waals surface area contributed by atoms with Crippen molar-refractivity contribution in [2.75, 3.05) is 0 Å². The van der Waals surface area contributed by atoms with E-state index in [-0.39, 0.29) is 59.1 Å². The zero-order valence-electron chi connectivity index (χ0n) is 5.00. The van der Waals surface area contributed by atoms with Crippen LogP contribution in [0.4, 0.5) is 0 Å². The molecule has 9 heteroatoms. The van der Waals surface area contributed by atoms with Crippen LogP contribution in [0.1, 0.15) is 0 Å². The zero-order chi connectivity index (χ0) is 6.50. The van der Waals surface area contributed by atoms with E-state index in [4.69, 9.17) is 17.2 Å². The SMILES string of the molecule is NS(=O)(=O)[O-].[Na+].[Na+].[O-]Br. The Morgan fingerprint density at radius 1 is 1.22 bits per heavy atom. The number of hydrogen-bond donors (Lipinski definition) is 1. The smallest absolute Gasteiger partial charge is 0.791 e. The van der Waals surface area contributed by atoms with Crippen LogP contribution < -0.4 is 68.5 Å². The number of hydrogen-bond acceptors (Lipinski definition) is 4. The molecule has 0 aliphatic heterocycles. The predicted molar refractivity (Wildman–Crippen MR) is 22.8 cm³/mol. The van der Waals surface area contributed by atoms with Gasteiger partial charge in [-0.1, -0.05) is 0 Å². The second-order valence-electron chi connectivity index (χ2n) is 0.493. The summed E-state index contributed by atoms with van der Waals surface area (Å²) in [4.78, 5) is 0. The molecular formula is H2BrNNa2O4S. The quantitative estimate of drug-likeness (QED) is 0.334. The van der Waals surface area contributed by atoms with Crippen molar-refractivity contribution in [3.63, 3.8) is 0 Å². The third-order valence-corrected chi connectivity index (χ3v) is 0. The summed E-state index contributed by atoms with van der Waals surface area (Å²) in [5.41, 5.74) is 0. The first-order valence-corrected chi connectivity index (χ1v) is 3.01. The van der Waals surface area contributed by atoms with Gasteiger partial charge >= 0.3 is 59.1 Å². The first-order valence-electron chi connectivity index (χ1n) is 0.890. The van der Waals surface area contributed by atoms with Gasteiger partial charge in [-0.3, -0.25) is 0 Å². The fourth-order valence-electron chi connectivity index (χ4n) is 0. The molecule has 0 aliphatic carbocycles. The van der Waals surface area contributed by atoms with Crippen LogP contribution in [-0.4, -0.2) is 13.0 Å². The van der Waals surface area contributed by atoms with E-state index in [1.54, 1.807) is 16.3 Å². The molecule has 9 heavy (non-hydrogen) atoms. The van der Waals surface area contributed by atoms with Gasteiger partial charge in [0, 0.05) is 0 Å². The van der Waals surface area contributed by atoms with Crippen LogP contribution in [0.25, 0.3) is 0 Å². The molecule has 0 rings (SSSR count). The van der Waals surface area contributed by atoms with E-state index in [2.05, 4.69) is 5.14 Å². The summed E-state index contributed by atoms with van der Waals surface area (Å²) in [7, 11) is -4.42. The van der Waals surface area contributed by atoms with Gasteiger partial charge < -0.3 is 8.75 Å². The Hall–Kier alpha value is 2.31. The predicted octanol–water partition coefficient (Wildman–Crippen LogP) is -7.93. The van der Waals surface area contributed by atoms with Crippen molar-refractivity contribution in [3.8, 4) is 0 Å². The third kappa shape index (κ3) is 133. The molecule has 0 radical (unpaired) electrons. The molecule has 0 bridgehead atoms. The van der Waals surface area contributed by atoms with Crippen LogP contribution in [0.5, 0.6) is 0 Å². The Morgan fingerprint density at radius 2 is 1.22 bits per heavy atom. The average molecular weight is 238 g/mol. The maximum Gasteiger partial charge on any atom is 1.00 e. The maximum absolute atomic E-state index is 8.85. The summed E-state index contributed by atoms with van der Waals surface area (Å²) in [6.45, 7) is 0. The largest absolute Gasteiger partial charge is 1.00 e.